The molecule has 4 heterocycles. The molecule has 0 saturated carbocycles. The number of non-ortho nitro benzene ring substituents is 1. The highest BCUT2D eigenvalue weighted by atomic mass is 16.6. The van der Waals surface area contributed by atoms with Gasteiger partial charge in [0.1, 0.15) is 11.7 Å². The minimum Gasteiger partial charge on any atom is -0.463 e. The van der Waals surface area contributed by atoms with Gasteiger partial charge in [-0.2, -0.15) is 0 Å². The number of unbranched alkanes of at least 4 members (excludes halogenated alkanes) is 6. The smallest absolute Gasteiger partial charge is 0.269 e. The topological polar surface area (TPSA) is 211 Å². The largest absolute Gasteiger partial charge is 0.463 e. The number of piperidine rings is 1. The first-order valence-corrected chi connectivity index (χ1v) is 20.4. The summed E-state index contributed by atoms with van der Waals surface area (Å²) < 4.78 is 5.60. The standard InChI is InChI=1S/C46H44N6O9/c53-41(48-28-29-11-20-35-36(25-29)46(58)51(45(35)57)39-21-22-42(54)50-44(39)56)10-6-4-2-1-3-5-7-23-47-43(55)32-14-12-30(13-15-32)33-26-37(31-16-18-34(19-17-31)52(59)60)49-38(27-33)40-9-8-24-61-40/h8-9,11-20,24-27,39H,1-7,10,21-23,28H2,(H,47,55)(H,48,53)(H,50,54,56). The van der Waals surface area contributed by atoms with Crippen LogP contribution in [-0.2, 0) is 20.9 Å². The van der Waals surface area contributed by atoms with Gasteiger partial charge in [-0.1, -0.05) is 50.3 Å². The number of nitrogens with zero attached hydrogens (tertiary/aromatic N) is 3. The highest BCUT2D eigenvalue weighted by Gasteiger charge is 2.44. The number of aromatic nitrogens is 1. The Morgan fingerprint density at radius 1 is 0.770 bits per heavy atom. The second kappa shape index (κ2) is 19.2. The molecule has 15 heteroatoms. The maximum Gasteiger partial charge on any atom is 0.269 e. The maximum atomic E-state index is 13.1. The Morgan fingerprint density at radius 3 is 2.16 bits per heavy atom. The van der Waals surface area contributed by atoms with E-state index >= 15 is 0 Å². The highest BCUT2D eigenvalue weighted by molar-refractivity contribution is 6.23. The Hall–Kier alpha value is -7.29. The van der Waals surface area contributed by atoms with Crippen LogP contribution in [0.2, 0.25) is 0 Å². The molecule has 3 N–H and O–H groups in total. The van der Waals surface area contributed by atoms with E-state index in [0.29, 0.717) is 46.8 Å². The van der Waals surface area contributed by atoms with Crippen LogP contribution in [0.25, 0.3) is 33.8 Å². The van der Waals surface area contributed by atoms with Gasteiger partial charge in [0.25, 0.3) is 23.4 Å². The molecule has 2 aliphatic heterocycles. The van der Waals surface area contributed by atoms with Gasteiger partial charge in [0.2, 0.25) is 17.7 Å². The molecular formula is C46H44N6O9. The minimum atomic E-state index is -1.03. The van der Waals surface area contributed by atoms with Crippen LogP contribution >= 0.6 is 0 Å². The third-order valence-electron chi connectivity index (χ3n) is 10.8. The SMILES string of the molecule is O=C(CCCCCCCCCNC(=O)c1ccc(-c2cc(-c3ccc([N+](=O)[O-])cc3)nc(-c3ccco3)c2)cc1)NCc1ccc2c(c1)C(=O)N(C1CCC(=O)NC1=O)C2=O. The molecule has 2 aliphatic rings. The maximum absolute atomic E-state index is 13.1. The number of pyridine rings is 1. The summed E-state index contributed by atoms with van der Waals surface area (Å²) in [6.07, 6.45) is 8.58. The van der Waals surface area contributed by atoms with E-state index in [4.69, 9.17) is 9.40 Å². The van der Waals surface area contributed by atoms with E-state index in [1.807, 2.05) is 30.3 Å². The molecular weight excluding hydrogens is 781 g/mol. The fourth-order valence-corrected chi connectivity index (χ4v) is 7.48. The number of carbonyl (C=O) groups excluding carboxylic acids is 6. The second-order valence-corrected chi connectivity index (χ2v) is 15.1. The molecule has 1 fully saturated rings. The van der Waals surface area contributed by atoms with Crippen LogP contribution in [0.5, 0.6) is 0 Å². The number of fused-ring (bicyclic) bond motifs is 1. The monoisotopic (exact) mass is 824 g/mol. The number of rotatable bonds is 18. The second-order valence-electron chi connectivity index (χ2n) is 15.1. The van der Waals surface area contributed by atoms with Gasteiger partial charge < -0.3 is 15.1 Å². The quantitative estimate of drug-likeness (QED) is 0.0351. The first-order chi connectivity index (χ1) is 29.5. The molecule has 3 aromatic carbocycles. The lowest BCUT2D eigenvalue weighted by atomic mass is 10.00. The summed E-state index contributed by atoms with van der Waals surface area (Å²) in [5, 5.41) is 19.2. The van der Waals surface area contributed by atoms with E-state index in [1.165, 1.54) is 18.2 Å². The molecule has 0 bridgehead atoms. The molecule has 5 aromatic rings. The van der Waals surface area contributed by atoms with E-state index in [0.717, 1.165) is 61.0 Å². The zero-order valence-electron chi connectivity index (χ0n) is 33.3. The number of nitro benzene ring substituents is 1. The van der Waals surface area contributed by atoms with Crippen molar-refractivity contribution in [1.29, 1.82) is 0 Å². The first-order valence-electron chi connectivity index (χ1n) is 20.4. The molecule has 15 nitrogen and oxygen atoms in total. The first kappa shape index (κ1) is 41.9. The van der Waals surface area contributed by atoms with Gasteiger partial charge in [0.05, 0.1) is 28.0 Å². The van der Waals surface area contributed by atoms with Crippen molar-refractivity contribution in [3.05, 3.63) is 130 Å². The van der Waals surface area contributed by atoms with E-state index in [1.54, 1.807) is 48.7 Å². The van der Waals surface area contributed by atoms with Gasteiger partial charge in [-0.25, -0.2) is 4.98 Å². The summed E-state index contributed by atoms with van der Waals surface area (Å²) in [7, 11) is 0. The molecule has 1 unspecified atom stereocenters. The summed E-state index contributed by atoms with van der Waals surface area (Å²) in [6, 6.07) is 24.7. The Balaban J connectivity index is 0.780. The zero-order valence-corrected chi connectivity index (χ0v) is 33.3. The Morgan fingerprint density at radius 2 is 1.46 bits per heavy atom. The lowest BCUT2D eigenvalue weighted by molar-refractivity contribution is -0.384. The van der Waals surface area contributed by atoms with Crippen LogP contribution in [0.15, 0.2) is 102 Å². The van der Waals surface area contributed by atoms with Crippen LogP contribution < -0.4 is 16.0 Å². The highest BCUT2D eigenvalue weighted by Crippen LogP contribution is 2.32. The van der Waals surface area contributed by atoms with Crippen molar-refractivity contribution in [2.75, 3.05) is 6.54 Å². The fourth-order valence-electron chi connectivity index (χ4n) is 7.48. The van der Waals surface area contributed by atoms with Crippen LogP contribution in [0.3, 0.4) is 0 Å². The molecule has 7 rings (SSSR count). The average molecular weight is 825 g/mol. The summed E-state index contributed by atoms with van der Waals surface area (Å²) in [6.45, 7) is 0.755. The van der Waals surface area contributed by atoms with Crippen molar-refractivity contribution >= 4 is 41.1 Å². The van der Waals surface area contributed by atoms with Gasteiger partial charge in [-0.05, 0) is 96.6 Å². The lowest BCUT2D eigenvalue weighted by Crippen LogP contribution is -2.54. The number of hydrogen-bond acceptors (Lipinski definition) is 10. The molecule has 61 heavy (non-hydrogen) atoms. The molecule has 1 atom stereocenters. The summed E-state index contributed by atoms with van der Waals surface area (Å²) in [5.41, 5.74) is 5.23. The predicted octanol–water partition coefficient (Wildman–Crippen LogP) is 7.15. The van der Waals surface area contributed by atoms with Gasteiger partial charge >= 0.3 is 0 Å². The third kappa shape index (κ3) is 10.1. The van der Waals surface area contributed by atoms with Crippen LogP contribution in [-0.4, -0.2) is 62.8 Å². The van der Waals surface area contributed by atoms with Gasteiger partial charge in [-0.15, -0.1) is 0 Å². The number of imide groups is 2. The fraction of sp³-hybridized carbons (Fsp3) is 0.283. The third-order valence-corrected chi connectivity index (χ3v) is 10.8. The van der Waals surface area contributed by atoms with E-state index in [-0.39, 0.29) is 48.0 Å². The number of furan rings is 1. The summed E-state index contributed by atoms with van der Waals surface area (Å²) >= 11 is 0. The summed E-state index contributed by atoms with van der Waals surface area (Å²) in [5.74, 6) is -1.93. The number of nitrogens with one attached hydrogen (secondary N) is 3. The Kier molecular flexibility index (Phi) is 13.2. The van der Waals surface area contributed by atoms with Crippen molar-refractivity contribution in [2.45, 2.75) is 76.8 Å². The van der Waals surface area contributed by atoms with E-state index in [9.17, 15) is 38.9 Å². The molecule has 6 amide bonds. The number of hydrogen-bond donors (Lipinski definition) is 3. The van der Waals surface area contributed by atoms with Crippen molar-refractivity contribution < 1.29 is 38.1 Å². The lowest BCUT2D eigenvalue weighted by Gasteiger charge is -2.27. The molecule has 0 spiro atoms. The van der Waals surface area contributed by atoms with Crippen molar-refractivity contribution in [3.63, 3.8) is 0 Å². The zero-order chi connectivity index (χ0) is 42.9. The normalized spacial score (nSPS) is 14.8. The van der Waals surface area contributed by atoms with E-state index < -0.39 is 34.6 Å². The van der Waals surface area contributed by atoms with Gasteiger partial charge in [0.15, 0.2) is 5.76 Å². The molecule has 0 radical (unpaired) electrons. The minimum absolute atomic E-state index is 0.00694. The molecule has 0 aliphatic carbocycles. The van der Waals surface area contributed by atoms with Crippen molar-refractivity contribution in [3.8, 4) is 33.8 Å². The van der Waals surface area contributed by atoms with Gasteiger partial charge in [-0.3, -0.25) is 49.1 Å². The van der Waals surface area contributed by atoms with Crippen molar-refractivity contribution in [1.82, 2.24) is 25.8 Å². The number of benzene rings is 3. The average Bonchev–Trinajstić information content (AvgIpc) is 3.90. The number of carbonyl (C=O) groups is 6. The van der Waals surface area contributed by atoms with Gasteiger partial charge in [0, 0.05) is 49.2 Å². The van der Waals surface area contributed by atoms with Crippen LogP contribution in [0.1, 0.15) is 101 Å². The molecule has 1 saturated heterocycles. The molecule has 312 valence electrons. The number of nitro groups is 1. The Bertz CT molecular complexity index is 2460. The summed E-state index contributed by atoms with van der Waals surface area (Å²) in [4.78, 5) is 91.6. The van der Waals surface area contributed by atoms with E-state index in [2.05, 4.69) is 16.0 Å². The Labute approximate surface area is 351 Å². The van der Waals surface area contributed by atoms with Crippen LogP contribution in [0, 0.1) is 10.1 Å². The number of amides is 6. The van der Waals surface area contributed by atoms with Crippen molar-refractivity contribution in [2.24, 2.45) is 0 Å². The van der Waals surface area contributed by atoms with Crippen LogP contribution in [0.4, 0.5) is 5.69 Å². The predicted molar refractivity (Wildman–Crippen MR) is 224 cm³/mol. The molecule has 2 aromatic heterocycles.